The number of rotatable bonds is 17. The van der Waals surface area contributed by atoms with Gasteiger partial charge in [-0.1, -0.05) is 0 Å². The summed E-state index contributed by atoms with van der Waals surface area (Å²) in [5, 5.41) is 7.58. The van der Waals surface area contributed by atoms with Crippen molar-refractivity contribution in [3.8, 4) is 0 Å². The monoisotopic (exact) mass is 1150 g/mol. The maximum absolute atomic E-state index is 12.7. The lowest BCUT2D eigenvalue weighted by Gasteiger charge is -2.28. The molecule has 2 atom stereocenters. The van der Waals surface area contributed by atoms with E-state index in [2.05, 4.69) is 16.0 Å². The number of esters is 3. The van der Waals surface area contributed by atoms with Gasteiger partial charge in [0, 0.05) is 35.0 Å². The summed E-state index contributed by atoms with van der Waals surface area (Å²) < 4.78 is 31.8. The number of carbonyl (C=O) groups excluding carboxylic acids is 7. The fraction of sp³-hybridized carbons (Fsp3) is 0.576. The van der Waals surface area contributed by atoms with Crippen molar-refractivity contribution in [1.29, 1.82) is 0 Å². The third-order valence-corrected chi connectivity index (χ3v) is 10.1. The number of benzene rings is 3. The summed E-state index contributed by atoms with van der Waals surface area (Å²) in [6.07, 6.45) is 0.458. The van der Waals surface area contributed by atoms with Crippen molar-refractivity contribution in [1.82, 2.24) is 15.5 Å². The van der Waals surface area contributed by atoms with Crippen LogP contribution in [0.5, 0.6) is 0 Å². The molecule has 82 heavy (non-hydrogen) atoms. The molecule has 0 saturated carbocycles. The van der Waals surface area contributed by atoms with Gasteiger partial charge < -0.3 is 78.8 Å². The van der Waals surface area contributed by atoms with Crippen LogP contribution in [0.25, 0.3) is 0 Å². The van der Waals surface area contributed by atoms with Gasteiger partial charge in [-0.05, 0) is 222 Å². The first kappa shape index (κ1) is 72.2. The molecule has 23 nitrogen and oxygen atoms in total. The van der Waals surface area contributed by atoms with Crippen LogP contribution in [0.15, 0.2) is 54.6 Å². The predicted molar refractivity (Wildman–Crippen MR) is 322 cm³/mol. The molecule has 15 N–H and O–H groups in total. The topological polar surface area (TPSA) is 370 Å². The van der Waals surface area contributed by atoms with Crippen molar-refractivity contribution in [2.24, 2.45) is 0 Å². The molecular weight excluding hydrogens is 1060 g/mol. The third kappa shape index (κ3) is 33.0. The Balaban J connectivity index is 0.000000615. The second kappa shape index (κ2) is 30.8. The number of alkyl carbamates (subject to hydrolysis) is 2. The summed E-state index contributed by atoms with van der Waals surface area (Å²) in [5.41, 5.74) is 36.3. The van der Waals surface area contributed by atoms with Crippen LogP contribution in [-0.2, 0) is 60.4 Å². The normalized spacial score (nSPS) is 12.5. The average molecular weight is 1150 g/mol. The Kier molecular flexibility index (Phi) is 27.1. The lowest BCUT2D eigenvalue weighted by molar-refractivity contribution is -0.158. The highest BCUT2D eigenvalue weighted by atomic mass is 16.6. The maximum atomic E-state index is 12.7. The van der Waals surface area contributed by atoms with E-state index in [1.807, 2.05) is 12.1 Å². The van der Waals surface area contributed by atoms with Gasteiger partial charge >= 0.3 is 36.2 Å². The average Bonchev–Trinajstić information content (AvgIpc) is 3.26. The summed E-state index contributed by atoms with van der Waals surface area (Å²) in [6, 6.07) is 13.2. The Hall–Kier alpha value is -7.85. The molecule has 0 fully saturated rings. The number of nitrogen functional groups attached to an aromatic ring is 6. The number of amides is 4. The molecular formula is C59H96N10O13. The van der Waals surface area contributed by atoms with Crippen LogP contribution in [0.4, 0.5) is 54.2 Å². The molecule has 0 aromatic heterocycles. The van der Waals surface area contributed by atoms with E-state index in [4.69, 9.17) is 62.8 Å². The van der Waals surface area contributed by atoms with Crippen molar-refractivity contribution in [3.63, 3.8) is 0 Å². The first-order chi connectivity index (χ1) is 37.2. The molecule has 4 amide bonds. The van der Waals surface area contributed by atoms with E-state index < -0.39 is 87.8 Å². The number of nitrogens with two attached hydrogens (primary N) is 6. The van der Waals surface area contributed by atoms with Crippen molar-refractivity contribution >= 4 is 81.9 Å². The Morgan fingerprint density at radius 1 is 0.463 bits per heavy atom. The molecule has 2 unspecified atom stereocenters. The predicted octanol–water partition coefficient (Wildman–Crippen LogP) is 9.19. The molecule has 460 valence electrons. The van der Waals surface area contributed by atoms with E-state index in [-0.39, 0.29) is 24.3 Å². The van der Waals surface area contributed by atoms with E-state index in [1.165, 1.54) is 17.0 Å². The molecule has 3 aromatic carbocycles. The summed E-state index contributed by atoms with van der Waals surface area (Å²) in [5.74, 6) is -2.27. The summed E-state index contributed by atoms with van der Waals surface area (Å²) in [4.78, 5) is 87.6. The van der Waals surface area contributed by atoms with Crippen molar-refractivity contribution in [2.45, 2.75) is 209 Å². The van der Waals surface area contributed by atoms with Crippen LogP contribution in [-0.4, -0.2) is 106 Å². The van der Waals surface area contributed by atoms with E-state index >= 15 is 0 Å². The molecule has 0 radical (unpaired) electrons. The summed E-state index contributed by atoms with van der Waals surface area (Å²) in [6.45, 7) is 31.6. The second-order valence-corrected chi connectivity index (χ2v) is 25.5. The van der Waals surface area contributed by atoms with Gasteiger partial charge in [0.1, 0.15) is 52.2 Å². The van der Waals surface area contributed by atoms with Crippen LogP contribution >= 0.6 is 0 Å². The van der Waals surface area contributed by atoms with Crippen LogP contribution in [0.3, 0.4) is 0 Å². The van der Waals surface area contributed by atoms with Gasteiger partial charge in [-0.2, -0.15) is 0 Å². The van der Waals surface area contributed by atoms with Crippen molar-refractivity contribution < 1.29 is 62.0 Å². The highest BCUT2D eigenvalue weighted by Gasteiger charge is 2.32. The van der Waals surface area contributed by atoms with Gasteiger partial charge in [-0.15, -0.1) is 0 Å². The molecule has 0 aliphatic heterocycles. The van der Waals surface area contributed by atoms with E-state index in [1.54, 1.807) is 155 Å². The van der Waals surface area contributed by atoms with E-state index in [0.29, 0.717) is 67.1 Å². The fourth-order valence-electron chi connectivity index (χ4n) is 6.91. The zero-order valence-electron chi connectivity index (χ0n) is 51.7. The molecule has 0 bridgehead atoms. The maximum Gasteiger partial charge on any atom is 0.410 e. The van der Waals surface area contributed by atoms with Gasteiger partial charge in [-0.25, -0.2) is 19.2 Å². The third-order valence-electron chi connectivity index (χ3n) is 10.1. The minimum atomic E-state index is -1.23. The van der Waals surface area contributed by atoms with Crippen LogP contribution < -0.4 is 50.4 Å². The molecule has 0 aliphatic carbocycles. The second-order valence-electron chi connectivity index (χ2n) is 25.5. The summed E-state index contributed by atoms with van der Waals surface area (Å²) in [7, 11) is 0. The lowest BCUT2D eigenvalue weighted by atomic mass is 10.0. The number of aryl methyl sites for hydroxylation is 2. The minimum Gasteiger partial charge on any atom is -0.460 e. The Bertz CT molecular complexity index is 2470. The number of carbonyl (C=O) groups is 7. The van der Waals surface area contributed by atoms with E-state index in [0.717, 1.165) is 11.1 Å². The van der Waals surface area contributed by atoms with Crippen molar-refractivity contribution in [3.05, 3.63) is 65.7 Å². The molecule has 3 aromatic rings. The highest BCUT2D eigenvalue weighted by molar-refractivity contribution is 6.01. The van der Waals surface area contributed by atoms with Crippen LogP contribution in [0.2, 0.25) is 0 Å². The van der Waals surface area contributed by atoms with Gasteiger partial charge in [0.25, 0.3) is 0 Å². The number of hydrogen-bond donors (Lipinski definition) is 9. The molecule has 0 heterocycles. The fourth-order valence-corrected chi connectivity index (χ4v) is 6.91. The zero-order valence-corrected chi connectivity index (χ0v) is 51.7. The number of ether oxygens (including phenoxy) is 6. The number of nitrogens with zero attached hydrogens (tertiary/aromatic N) is 1. The Labute approximate surface area is 485 Å². The molecule has 0 saturated heterocycles. The Morgan fingerprint density at radius 3 is 1.29 bits per heavy atom. The number of nitrogens with one attached hydrogen (secondary N) is 3. The van der Waals surface area contributed by atoms with Gasteiger partial charge in [0.05, 0.1) is 17.8 Å². The smallest absolute Gasteiger partial charge is 0.410 e. The quantitative estimate of drug-likeness (QED) is 0.0345. The molecule has 0 spiro atoms. The van der Waals surface area contributed by atoms with Gasteiger partial charge in [0.15, 0.2) is 0 Å². The van der Waals surface area contributed by atoms with Crippen molar-refractivity contribution in [2.75, 3.05) is 52.8 Å². The highest BCUT2D eigenvalue weighted by Crippen LogP contribution is 2.24. The van der Waals surface area contributed by atoms with E-state index in [9.17, 15) is 33.6 Å². The zero-order chi connectivity index (χ0) is 63.4. The largest absolute Gasteiger partial charge is 0.460 e. The van der Waals surface area contributed by atoms with Gasteiger partial charge in [0.2, 0.25) is 5.91 Å². The summed E-state index contributed by atoms with van der Waals surface area (Å²) >= 11 is 0. The molecule has 3 rings (SSSR count). The standard InChI is InChI=1S/2C20H33N3O4.C19H30N4O5/c1-19(2,3)26-17(24)13-23(18(25)27-20(4,5)6)11-7-8-14-12-15(21)9-10-16(14)22;1-19(2,3)26-17(24)16(23-18(25)27-20(4,5)6)9-7-8-13-12-14(21)10-11-15(13)22;1-18(2,3)27-15(24)10-14(23-17(26)28-19(4,5)6)16(25)22-13-9-11(20)7-8-12(13)21/h9-10,12H,7-8,11,13,21-22H2,1-6H3;10-12,16H,7-9,21-22H2,1-6H3,(H,23,25);7-9,14H,10,20-21H2,1-6H3,(H,22,25)(H,23,26). The number of anilines is 7. The lowest BCUT2D eigenvalue weighted by Crippen LogP contribution is -2.47. The van der Waals surface area contributed by atoms with Gasteiger partial charge in [-0.3, -0.25) is 19.3 Å². The SMILES string of the molecule is CC(C)(C)OC(=O)CC(NC(=O)OC(C)(C)C)C(=O)Nc1cc(N)ccc1N.CC(C)(C)OC(=O)CN(CCCc1cc(N)ccc1N)C(=O)OC(C)(C)C.CC(C)(C)OC(=O)NC(CCCc1cc(N)ccc1N)C(=O)OC(C)(C)C. The molecule has 0 aliphatic rings. The first-order valence-corrected chi connectivity index (χ1v) is 27.1. The number of hydrogen-bond acceptors (Lipinski definition) is 19. The first-order valence-electron chi connectivity index (χ1n) is 27.1. The van der Waals surface area contributed by atoms with Crippen LogP contribution in [0.1, 0.15) is 161 Å². The minimum absolute atomic E-state index is 0.168. The molecule has 23 heteroatoms. The Morgan fingerprint density at radius 2 is 0.854 bits per heavy atom. The van der Waals surface area contributed by atoms with Crippen LogP contribution in [0, 0.1) is 0 Å².